The Balaban J connectivity index is 1.67. The van der Waals surface area contributed by atoms with Crippen LogP contribution in [0.5, 0.6) is 0 Å². The fraction of sp³-hybridized carbons (Fsp3) is 0.316. The van der Waals surface area contributed by atoms with Crippen molar-refractivity contribution >= 4 is 23.0 Å². The Morgan fingerprint density at radius 3 is 2.41 bits per heavy atom. The van der Waals surface area contributed by atoms with E-state index in [1.807, 2.05) is 0 Å². The highest BCUT2D eigenvalue weighted by Crippen LogP contribution is 2.28. The lowest BCUT2D eigenvalue weighted by Gasteiger charge is -2.22. The van der Waals surface area contributed by atoms with Gasteiger partial charge in [-0.3, -0.25) is 0 Å². The number of nitrogens with one attached hydrogen (secondary N) is 1. The van der Waals surface area contributed by atoms with E-state index >= 15 is 0 Å². The molecule has 114 valence electrons. The van der Waals surface area contributed by atoms with Crippen LogP contribution >= 0.6 is 12.2 Å². The predicted molar refractivity (Wildman–Crippen MR) is 97.5 cm³/mol. The van der Waals surface area contributed by atoms with Gasteiger partial charge in [0.25, 0.3) is 0 Å². The van der Waals surface area contributed by atoms with Gasteiger partial charge >= 0.3 is 0 Å². The smallest absolute Gasteiger partial charge is 0.173 e. The summed E-state index contributed by atoms with van der Waals surface area (Å²) in [6, 6.07) is 17.1. The Morgan fingerprint density at radius 1 is 1.05 bits per heavy atom. The third-order valence-electron chi connectivity index (χ3n) is 4.46. The van der Waals surface area contributed by atoms with Crippen LogP contribution in [0.25, 0.3) is 0 Å². The molecular weight excluding hydrogens is 288 g/mol. The van der Waals surface area contributed by atoms with Gasteiger partial charge in [-0.05, 0) is 49.2 Å². The summed E-state index contributed by atoms with van der Waals surface area (Å²) < 4.78 is 0. The highest BCUT2D eigenvalue weighted by molar-refractivity contribution is 7.80. The van der Waals surface area contributed by atoms with Crippen molar-refractivity contribution in [2.24, 2.45) is 0 Å². The third kappa shape index (κ3) is 3.14. The van der Waals surface area contributed by atoms with Gasteiger partial charge in [0, 0.05) is 24.7 Å². The van der Waals surface area contributed by atoms with Gasteiger partial charge in [-0.2, -0.15) is 0 Å². The molecule has 3 rings (SSSR count). The zero-order chi connectivity index (χ0) is 15.5. The number of aryl methyl sites for hydroxylation is 2. The fourth-order valence-corrected chi connectivity index (χ4v) is 3.41. The largest absolute Gasteiger partial charge is 0.348 e. The van der Waals surface area contributed by atoms with Crippen molar-refractivity contribution in [3.8, 4) is 0 Å². The fourth-order valence-electron chi connectivity index (χ4n) is 3.14. The molecule has 2 aromatic rings. The average Bonchev–Trinajstić information content (AvgIpc) is 3.02. The van der Waals surface area contributed by atoms with Crippen molar-refractivity contribution < 1.29 is 0 Å². The van der Waals surface area contributed by atoms with Crippen LogP contribution in [0.15, 0.2) is 48.5 Å². The molecule has 2 nitrogen and oxygen atoms in total. The Bertz CT molecular complexity index is 646. The molecule has 0 unspecified atom stereocenters. The highest BCUT2D eigenvalue weighted by atomic mass is 32.1. The van der Waals surface area contributed by atoms with E-state index < -0.39 is 0 Å². The molecular formula is C19H22N2S. The van der Waals surface area contributed by atoms with Crippen LogP contribution in [0.4, 0.5) is 5.69 Å². The lowest BCUT2D eigenvalue weighted by Crippen LogP contribution is -2.33. The topological polar surface area (TPSA) is 15.3 Å². The minimum Gasteiger partial charge on any atom is -0.348 e. The number of hydrogen-bond donors (Lipinski definition) is 1. The first-order valence-corrected chi connectivity index (χ1v) is 8.23. The van der Waals surface area contributed by atoms with E-state index in [0.29, 0.717) is 5.92 Å². The van der Waals surface area contributed by atoms with E-state index in [2.05, 4.69) is 72.6 Å². The average molecular weight is 310 g/mol. The second-order valence-electron chi connectivity index (χ2n) is 6.04. The second kappa shape index (κ2) is 6.49. The number of rotatable bonds is 2. The minimum atomic E-state index is 0.582. The van der Waals surface area contributed by atoms with Gasteiger partial charge in [0.2, 0.25) is 0 Å². The quantitative estimate of drug-likeness (QED) is 0.823. The molecule has 1 atom stereocenters. The summed E-state index contributed by atoms with van der Waals surface area (Å²) in [5.74, 6) is 0.582. The molecule has 2 aromatic carbocycles. The first-order valence-electron chi connectivity index (χ1n) is 7.82. The molecule has 0 amide bonds. The minimum absolute atomic E-state index is 0.582. The summed E-state index contributed by atoms with van der Waals surface area (Å²) in [5, 5.41) is 4.29. The maximum absolute atomic E-state index is 5.63. The van der Waals surface area contributed by atoms with E-state index in [1.165, 1.54) is 23.1 Å². The molecule has 0 radical (unpaired) electrons. The summed E-state index contributed by atoms with van der Waals surface area (Å²) in [5.41, 5.74) is 5.04. The Hall–Kier alpha value is -1.87. The summed E-state index contributed by atoms with van der Waals surface area (Å²) in [6.45, 7) is 6.26. The molecule has 1 heterocycles. The van der Waals surface area contributed by atoms with E-state index in [4.69, 9.17) is 12.2 Å². The summed E-state index contributed by atoms with van der Waals surface area (Å²) in [4.78, 5) is 2.29. The Morgan fingerprint density at radius 2 is 1.73 bits per heavy atom. The molecule has 1 saturated heterocycles. The molecule has 3 heteroatoms. The molecule has 0 bridgehead atoms. The number of nitrogens with zero attached hydrogens (tertiary/aromatic N) is 1. The maximum atomic E-state index is 5.63. The number of para-hydroxylation sites is 1. The first kappa shape index (κ1) is 15.0. The molecule has 1 aliphatic rings. The van der Waals surface area contributed by atoms with Gasteiger partial charge in [0.1, 0.15) is 0 Å². The SMILES string of the molecule is Cc1cccc(C)c1NC(=S)N1CC[C@@H](c2ccccc2)C1. The zero-order valence-electron chi connectivity index (χ0n) is 13.2. The number of likely N-dealkylation sites (tertiary alicyclic amines) is 1. The van der Waals surface area contributed by atoms with Gasteiger partial charge in [0.15, 0.2) is 5.11 Å². The zero-order valence-corrected chi connectivity index (χ0v) is 14.0. The van der Waals surface area contributed by atoms with E-state index in [9.17, 15) is 0 Å². The van der Waals surface area contributed by atoms with Gasteiger partial charge in [-0.25, -0.2) is 0 Å². The van der Waals surface area contributed by atoms with E-state index in [-0.39, 0.29) is 0 Å². The van der Waals surface area contributed by atoms with E-state index in [1.54, 1.807) is 0 Å². The van der Waals surface area contributed by atoms with Crippen LogP contribution in [-0.4, -0.2) is 23.1 Å². The molecule has 1 N–H and O–H groups in total. The van der Waals surface area contributed by atoms with Crippen molar-refractivity contribution in [2.75, 3.05) is 18.4 Å². The lowest BCUT2D eigenvalue weighted by atomic mass is 9.99. The molecule has 0 aliphatic carbocycles. The van der Waals surface area contributed by atoms with Crippen molar-refractivity contribution in [1.82, 2.24) is 4.90 Å². The van der Waals surface area contributed by atoms with Crippen LogP contribution in [0.2, 0.25) is 0 Å². The van der Waals surface area contributed by atoms with Crippen LogP contribution < -0.4 is 5.32 Å². The van der Waals surface area contributed by atoms with Crippen molar-refractivity contribution in [2.45, 2.75) is 26.2 Å². The van der Waals surface area contributed by atoms with Crippen molar-refractivity contribution in [3.05, 3.63) is 65.2 Å². The number of hydrogen-bond acceptors (Lipinski definition) is 1. The van der Waals surface area contributed by atoms with Crippen LogP contribution in [0.1, 0.15) is 29.0 Å². The van der Waals surface area contributed by atoms with Gasteiger partial charge in [0.05, 0.1) is 0 Å². The number of benzene rings is 2. The predicted octanol–water partition coefficient (Wildman–Crippen LogP) is 4.49. The molecule has 1 aliphatic heterocycles. The highest BCUT2D eigenvalue weighted by Gasteiger charge is 2.25. The molecule has 0 aromatic heterocycles. The van der Waals surface area contributed by atoms with Crippen LogP contribution in [0.3, 0.4) is 0 Å². The first-order chi connectivity index (χ1) is 10.6. The molecule has 0 spiro atoms. The lowest BCUT2D eigenvalue weighted by molar-refractivity contribution is 0.518. The Kier molecular flexibility index (Phi) is 4.44. The van der Waals surface area contributed by atoms with Crippen molar-refractivity contribution in [1.29, 1.82) is 0 Å². The van der Waals surface area contributed by atoms with E-state index in [0.717, 1.165) is 23.9 Å². The van der Waals surface area contributed by atoms with Crippen LogP contribution in [-0.2, 0) is 0 Å². The summed E-state index contributed by atoms with van der Waals surface area (Å²) in [7, 11) is 0. The summed E-state index contributed by atoms with van der Waals surface area (Å²) in [6.07, 6.45) is 1.17. The maximum Gasteiger partial charge on any atom is 0.173 e. The van der Waals surface area contributed by atoms with Gasteiger partial charge in [-0.1, -0.05) is 48.5 Å². The normalized spacial score (nSPS) is 17.5. The number of thiocarbonyl (C=S) groups is 1. The molecule has 1 fully saturated rings. The van der Waals surface area contributed by atoms with Gasteiger partial charge in [-0.15, -0.1) is 0 Å². The standard InChI is InChI=1S/C19H22N2S/c1-14-7-6-8-15(2)18(14)20-19(22)21-12-11-17(13-21)16-9-4-3-5-10-16/h3-10,17H,11-13H2,1-2H3,(H,20,22)/t17-/m1/s1. The Labute approximate surface area is 138 Å². The van der Waals surface area contributed by atoms with Crippen LogP contribution in [0, 0.1) is 13.8 Å². The molecule has 22 heavy (non-hydrogen) atoms. The summed E-state index contributed by atoms with van der Waals surface area (Å²) >= 11 is 5.63. The number of anilines is 1. The van der Waals surface area contributed by atoms with Crippen molar-refractivity contribution in [3.63, 3.8) is 0 Å². The third-order valence-corrected chi connectivity index (χ3v) is 4.82. The monoisotopic (exact) mass is 310 g/mol. The molecule has 0 saturated carbocycles. The second-order valence-corrected chi connectivity index (χ2v) is 6.43. The van der Waals surface area contributed by atoms with Gasteiger partial charge < -0.3 is 10.2 Å².